The summed E-state index contributed by atoms with van der Waals surface area (Å²) in [5, 5.41) is 6.61. The van der Waals surface area contributed by atoms with E-state index in [0.717, 1.165) is 42.3 Å². The van der Waals surface area contributed by atoms with E-state index in [1.54, 1.807) is 0 Å². The third-order valence-electron chi connectivity index (χ3n) is 4.03. The molecule has 0 atom stereocenters. The van der Waals surface area contributed by atoms with Crippen LogP contribution in [0.5, 0.6) is 11.5 Å². The number of carbonyl (C=O) groups excluding carboxylic acids is 1. The van der Waals surface area contributed by atoms with E-state index in [-0.39, 0.29) is 30.6 Å². The van der Waals surface area contributed by atoms with Gasteiger partial charge in [0.1, 0.15) is 11.5 Å². The van der Waals surface area contributed by atoms with Gasteiger partial charge in [0.2, 0.25) is 0 Å². The summed E-state index contributed by atoms with van der Waals surface area (Å²) in [4.78, 5) is 15.4. The van der Waals surface area contributed by atoms with Crippen molar-refractivity contribution in [2.75, 3.05) is 26.3 Å². The van der Waals surface area contributed by atoms with Crippen LogP contribution in [0.1, 0.15) is 25.0 Å². The molecule has 1 amide bonds. The van der Waals surface area contributed by atoms with Gasteiger partial charge in [0.25, 0.3) is 5.91 Å². The Hall–Kier alpha value is -2.49. The third-order valence-corrected chi connectivity index (χ3v) is 4.03. The molecule has 0 unspecified atom stereocenters. The standard InChI is InChI=1S/C22H30N4O3.HI/c1-3-24-22(26-15-18-7-5-6-8-20(18)28-4-2)25-14-13-17-9-11-19(12-10-17)29-16-21(23)27;/h5-12H,3-4,13-16H2,1-2H3,(H2,23,27)(H2,24,25,26);1H. The van der Waals surface area contributed by atoms with E-state index in [2.05, 4.69) is 15.6 Å². The molecule has 0 radical (unpaired) electrons. The van der Waals surface area contributed by atoms with Gasteiger partial charge in [-0.2, -0.15) is 0 Å². The highest BCUT2D eigenvalue weighted by molar-refractivity contribution is 14.0. The van der Waals surface area contributed by atoms with Crippen molar-refractivity contribution in [2.24, 2.45) is 10.7 Å². The highest BCUT2D eigenvalue weighted by Gasteiger charge is 2.04. The van der Waals surface area contributed by atoms with Crippen LogP contribution in [0.15, 0.2) is 53.5 Å². The minimum atomic E-state index is -0.489. The van der Waals surface area contributed by atoms with E-state index in [9.17, 15) is 4.79 Å². The first-order chi connectivity index (χ1) is 14.1. The van der Waals surface area contributed by atoms with E-state index in [0.29, 0.717) is 18.9 Å². The van der Waals surface area contributed by atoms with Crippen LogP contribution < -0.4 is 25.8 Å². The Morgan fingerprint density at radius 2 is 1.77 bits per heavy atom. The minimum Gasteiger partial charge on any atom is -0.494 e. The number of ether oxygens (including phenoxy) is 2. The van der Waals surface area contributed by atoms with Crippen molar-refractivity contribution in [2.45, 2.75) is 26.8 Å². The Balaban J connectivity index is 0.00000450. The summed E-state index contributed by atoms with van der Waals surface area (Å²) in [5.41, 5.74) is 7.29. The van der Waals surface area contributed by atoms with Crippen molar-refractivity contribution in [3.8, 4) is 11.5 Å². The normalized spacial score (nSPS) is 10.7. The zero-order valence-corrected chi connectivity index (χ0v) is 19.8. The number of rotatable bonds is 11. The number of hydrogen-bond acceptors (Lipinski definition) is 4. The second-order valence-electron chi connectivity index (χ2n) is 6.31. The van der Waals surface area contributed by atoms with Crippen molar-refractivity contribution in [3.05, 3.63) is 59.7 Å². The Labute approximate surface area is 195 Å². The van der Waals surface area contributed by atoms with Gasteiger partial charge >= 0.3 is 0 Å². The molecule has 0 heterocycles. The van der Waals surface area contributed by atoms with Crippen molar-refractivity contribution < 1.29 is 14.3 Å². The molecular formula is C22H31IN4O3. The third kappa shape index (κ3) is 9.34. The van der Waals surface area contributed by atoms with Gasteiger partial charge in [-0.05, 0) is 44.0 Å². The highest BCUT2D eigenvalue weighted by atomic mass is 127. The predicted molar refractivity (Wildman–Crippen MR) is 131 cm³/mol. The molecule has 0 aliphatic rings. The number of benzene rings is 2. The molecule has 30 heavy (non-hydrogen) atoms. The molecule has 0 saturated heterocycles. The van der Waals surface area contributed by atoms with E-state index in [4.69, 9.17) is 15.2 Å². The van der Waals surface area contributed by atoms with Gasteiger partial charge in [0.15, 0.2) is 12.6 Å². The average molecular weight is 526 g/mol. The lowest BCUT2D eigenvalue weighted by atomic mass is 10.1. The molecule has 4 N–H and O–H groups in total. The molecule has 0 saturated carbocycles. The van der Waals surface area contributed by atoms with Crippen LogP contribution in [0.25, 0.3) is 0 Å². The smallest absolute Gasteiger partial charge is 0.255 e. The maximum Gasteiger partial charge on any atom is 0.255 e. The zero-order chi connectivity index (χ0) is 20.9. The van der Waals surface area contributed by atoms with Crippen LogP contribution in [0.2, 0.25) is 0 Å². The first-order valence-electron chi connectivity index (χ1n) is 9.85. The first-order valence-corrected chi connectivity index (χ1v) is 9.85. The number of nitrogens with one attached hydrogen (secondary N) is 2. The van der Waals surface area contributed by atoms with Crippen LogP contribution >= 0.6 is 24.0 Å². The lowest BCUT2D eigenvalue weighted by molar-refractivity contribution is -0.119. The number of nitrogens with zero attached hydrogens (tertiary/aromatic N) is 1. The Morgan fingerprint density at radius 1 is 1.03 bits per heavy atom. The molecule has 8 heteroatoms. The molecule has 2 aromatic carbocycles. The quantitative estimate of drug-likeness (QED) is 0.238. The van der Waals surface area contributed by atoms with E-state index >= 15 is 0 Å². The average Bonchev–Trinajstić information content (AvgIpc) is 2.72. The van der Waals surface area contributed by atoms with Gasteiger partial charge in [-0.25, -0.2) is 4.99 Å². The number of para-hydroxylation sites is 1. The largest absolute Gasteiger partial charge is 0.494 e. The Bertz CT molecular complexity index is 797. The first kappa shape index (κ1) is 25.5. The van der Waals surface area contributed by atoms with E-state index < -0.39 is 5.91 Å². The summed E-state index contributed by atoms with van der Waals surface area (Å²) in [6, 6.07) is 15.6. The fourth-order valence-corrected chi connectivity index (χ4v) is 2.67. The predicted octanol–water partition coefficient (Wildman–Crippen LogP) is 2.87. The van der Waals surface area contributed by atoms with Crippen LogP contribution in [-0.4, -0.2) is 38.2 Å². The molecule has 0 aromatic heterocycles. The summed E-state index contributed by atoms with van der Waals surface area (Å²) in [7, 11) is 0. The van der Waals surface area contributed by atoms with Crippen LogP contribution in [0.4, 0.5) is 0 Å². The van der Waals surface area contributed by atoms with E-state index in [1.807, 2.05) is 62.4 Å². The van der Waals surface area contributed by atoms with Crippen molar-refractivity contribution in [3.63, 3.8) is 0 Å². The number of halogens is 1. The molecule has 7 nitrogen and oxygen atoms in total. The number of guanidine groups is 1. The summed E-state index contributed by atoms with van der Waals surface area (Å²) in [5.74, 6) is 1.77. The highest BCUT2D eigenvalue weighted by Crippen LogP contribution is 2.18. The van der Waals surface area contributed by atoms with E-state index in [1.165, 1.54) is 0 Å². The molecule has 0 aliphatic heterocycles. The van der Waals surface area contributed by atoms with Crippen molar-refractivity contribution in [1.82, 2.24) is 10.6 Å². The maximum absolute atomic E-state index is 10.8. The Kier molecular flexibility index (Phi) is 12.3. The number of amides is 1. The lowest BCUT2D eigenvalue weighted by Crippen LogP contribution is -2.38. The SMILES string of the molecule is CCNC(=NCc1ccccc1OCC)NCCc1ccc(OCC(N)=O)cc1.I. The number of nitrogens with two attached hydrogens (primary N) is 1. The number of carbonyl (C=O) groups is 1. The fraction of sp³-hybridized carbons (Fsp3) is 0.364. The van der Waals surface area contributed by atoms with Crippen molar-refractivity contribution >= 4 is 35.8 Å². The topological polar surface area (TPSA) is 98.0 Å². The summed E-state index contributed by atoms with van der Waals surface area (Å²) in [6.07, 6.45) is 0.829. The van der Waals surface area contributed by atoms with Crippen LogP contribution in [-0.2, 0) is 17.8 Å². The molecule has 164 valence electrons. The molecule has 0 aliphatic carbocycles. The number of hydrogen-bond donors (Lipinski definition) is 3. The monoisotopic (exact) mass is 526 g/mol. The summed E-state index contributed by atoms with van der Waals surface area (Å²) >= 11 is 0. The lowest BCUT2D eigenvalue weighted by Gasteiger charge is -2.13. The molecule has 2 rings (SSSR count). The number of primary amides is 1. The summed E-state index contributed by atoms with van der Waals surface area (Å²) < 4.78 is 10.9. The van der Waals surface area contributed by atoms with Crippen LogP contribution in [0.3, 0.4) is 0 Å². The maximum atomic E-state index is 10.8. The van der Waals surface area contributed by atoms with Crippen molar-refractivity contribution in [1.29, 1.82) is 0 Å². The fourth-order valence-electron chi connectivity index (χ4n) is 2.67. The molecule has 0 bridgehead atoms. The Morgan fingerprint density at radius 3 is 2.43 bits per heavy atom. The van der Waals surface area contributed by atoms with Gasteiger partial charge in [-0.3, -0.25) is 4.79 Å². The van der Waals surface area contributed by atoms with Gasteiger partial charge in [-0.15, -0.1) is 24.0 Å². The second kappa shape index (κ2) is 14.5. The number of aliphatic imine (C=N–C) groups is 1. The molecular weight excluding hydrogens is 495 g/mol. The second-order valence-corrected chi connectivity index (χ2v) is 6.31. The molecule has 0 spiro atoms. The molecule has 2 aromatic rings. The minimum absolute atomic E-state index is 0. The van der Waals surface area contributed by atoms with Gasteiger partial charge < -0.3 is 25.8 Å². The zero-order valence-electron chi connectivity index (χ0n) is 17.5. The van der Waals surface area contributed by atoms with Gasteiger partial charge in [-0.1, -0.05) is 30.3 Å². The van der Waals surface area contributed by atoms with Gasteiger partial charge in [0, 0.05) is 18.7 Å². The van der Waals surface area contributed by atoms with Gasteiger partial charge in [0.05, 0.1) is 13.2 Å². The molecule has 0 fully saturated rings. The summed E-state index contributed by atoms with van der Waals surface area (Å²) in [6.45, 7) is 6.59. The van der Waals surface area contributed by atoms with Crippen LogP contribution in [0, 0.1) is 0 Å².